The largest absolute Gasteiger partial charge is 0.497 e. The summed E-state index contributed by atoms with van der Waals surface area (Å²) >= 11 is 5.95. The second kappa shape index (κ2) is 7.10. The van der Waals surface area contributed by atoms with Crippen LogP contribution in [0.15, 0.2) is 30.3 Å². The summed E-state index contributed by atoms with van der Waals surface area (Å²) in [6.07, 6.45) is 1.68. The third-order valence-corrected chi connectivity index (χ3v) is 3.13. The van der Waals surface area contributed by atoms with E-state index in [4.69, 9.17) is 16.3 Å². The summed E-state index contributed by atoms with van der Waals surface area (Å²) in [7, 11) is 1.67. The summed E-state index contributed by atoms with van der Waals surface area (Å²) in [4.78, 5) is 8.52. The molecular weight excluding hydrogens is 274 g/mol. The fourth-order valence-corrected chi connectivity index (χ4v) is 2.04. The Morgan fingerprint density at radius 1 is 1.20 bits per heavy atom. The lowest BCUT2D eigenvalue weighted by atomic mass is 10.1. The van der Waals surface area contributed by atoms with Crippen molar-refractivity contribution in [1.82, 2.24) is 9.97 Å². The van der Waals surface area contributed by atoms with Crippen molar-refractivity contribution in [2.75, 3.05) is 19.0 Å². The number of nitrogens with one attached hydrogen (secondary N) is 1. The van der Waals surface area contributed by atoms with E-state index in [0.29, 0.717) is 5.15 Å². The van der Waals surface area contributed by atoms with Gasteiger partial charge in [-0.05, 0) is 24.1 Å². The van der Waals surface area contributed by atoms with Crippen LogP contribution in [-0.2, 0) is 12.8 Å². The molecule has 0 unspecified atom stereocenters. The highest BCUT2D eigenvalue weighted by Gasteiger charge is 2.01. The average molecular weight is 292 g/mol. The smallest absolute Gasteiger partial charge is 0.134 e. The Bertz CT molecular complexity index is 558. The van der Waals surface area contributed by atoms with E-state index in [0.717, 1.165) is 36.8 Å². The van der Waals surface area contributed by atoms with Gasteiger partial charge in [0, 0.05) is 19.0 Å². The van der Waals surface area contributed by atoms with E-state index in [1.165, 1.54) is 5.56 Å². The van der Waals surface area contributed by atoms with Crippen molar-refractivity contribution >= 4 is 17.4 Å². The second-order valence-corrected chi connectivity index (χ2v) is 4.76. The molecule has 1 N–H and O–H groups in total. The molecule has 0 bridgehead atoms. The molecular formula is C15H18ClN3O. The van der Waals surface area contributed by atoms with E-state index in [1.807, 2.05) is 19.1 Å². The molecule has 0 saturated heterocycles. The normalized spacial score (nSPS) is 10.3. The maximum atomic E-state index is 5.95. The predicted octanol–water partition coefficient (Wildman–Crippen LogP) is 3.36. The SMILES string of the molecule is CCc1nc(Cl)cc(NCCc2ccc(OC)cc2)n1. The lowest BCUT2D eigenvalue weighted by Crippen LogP contribution is -2.08. The van der Waals surface area contributed by atoms with E-state index in [2.05, 4.69) is 27.4 Å². The minimum atomic E-state index is 0.476. The lowest BCUT2D eigenvalue weighted by molar-refractivity contribution is 0.414. The molecule has 0 radical (unpaired) electrons. The summed E-state index contributed by atoms with van der Waals surface area (Å²) in [5.74, 6) is 2.40. The molecule has 20 heavy (non-hydrogen) atoms. The molecule has 5 heteroatoms. The molecule has 0 fully saturated rings. The summed E-state index contributed by atoms with van der Waals surface area (Å²) in [5.41, 5.74) is 1.24. The molecule has 106 valence electrons. The van der Waals surface area contributed by atoms with Gasteiger partial charge in [-0.25, -0.2) is 9.97 Å². The molecule has 2 rings (SSSR count). The van der Waals surface area contributed by atoms with Gasteiger partial charge >= 0.3 is 0 Å². The van der Waals surface area contributed by atoms with Crippen LogP contribution in [-0.4, -0.2) is 23.6 Å². The van der Waals surface area contributed by atoms with E-state index in [1.54, 1.807) is 13.2 Å². The van der Waals surface area contributed by atoms with E-state index in [9.17, 15) is 0 Å². The van der Waals surface area contributed by atoms with Gasteiger partial charge < -0.3 is 10.1 Å². The van der Waals surface area contributed by atoms with Crippen LogP contribution in [0.2, 0.25) is 5.15 Å². The van der Waals surface area contributed by atoms with Crippen molar-refractivity contribution in [3.63, 3.8) is 0 Å². The number of methoxy groups -OCH3 is 1. The molecule has 0 atom stereocenters. The van der Waals surface area contributed by atoms with Gasteiger partial charge in [0.05, 0.1) is 7.11 Å². The zero-order valence-corrected chi connectivity index (χ0v) is 12.4. The number of hydrogen-bond acceptors (Lipinski definition) is 4. The maximum absolute atomic E-state index is 5.95. The third kappa shape index (κ3) is 4.10. The molecule has 0 saturated carbocycles. The first-order valence-corrected chi connectivity index (χ1v) is 6.99. The standard InChI is InChI=1S/C15H18ClN3O/c1-3-14-18-13(16)10-15(19-14)17-9-8-11-4-6-12(20-2)7-5-11/h4-7,10H,3,8-9H2,1-2H3,(H,17,18,19). The maximum Gasteiger partial charge on any atom is 0.134 e. The van der Waals surface area contributed by atoms with Crippen LogP contribution in [0.3, 0.4) is 0 Å². The van der Waals surface area contributed by atoms with Crippen LogP contribution in [0.4, 0.5) is 5.82 Å². The first-order chi connectivity index (χ1) is 9.71. The summed E-state index contributed by atoms with van der Waals surface area (Å²) in [5, 5.41) is 3.75. The van der Waals surface area contributed by atoms with Crippen LogP contribution in [0, 0.1) is 0 Å². The number of anilines is 1. The van der Waals surface area contributed by atoms with Gasteiger partial charge in [0.15, 0.2) is 0 Å². The Balaban J connectivity index is 1.90. The van der Waals surface area contributed by atoms with Gasteiger partial charge in [-0.1, -0.05) is 30.7 Å². The first kappa shape index (κ1) is 14.6. The zero-order valence-electron chi connectivity index (χ0n) is 11.7. The molecule has 0 spiro atoms. The molecule has 0 amide bonds. The Hall–Kier alpha value is -1.81. The van der Waals surface area contributed by atoms with Crippen molar-refractivity contribution in [3.05, 3.63) is 46.9 Å². The molecule has 0 aliphatic rings. The Morgan fingerprint density at radius 3 is 2.60 bits per heavy atom. The molecule has 1 heterocycles. The minimum Gasteiger partial charge on any atom is -0.497 e. The van der Waals surface area contributed by atoms with Crippen LogP contribution in [0.5, 0.6) is 5.75 Å². The van der Waals surface area contributed by atoms with Crippen LogP contribution in [0.1, 0.15) is 18.3 Å². The van der Waals surface area contributed by atoms with Crippen LogP contribution >= 0.6 is 11.6 Å². The van der Waals surface area contributed by atoms with Crippen molar-refractivity contribution < 1.29 is 4.74 Å². The predicted molar refractivity (Wildman–Crippen MR) is 81.6 cm³/mol. The third-order valence-electron chi connectivity index (χ3n) is 2.94. The first-order valence-electron chi connectivity index (χ1n) is 6.61. The number of halogens is 1. The van der Waals surface area contributed by atoms with Gasteiger partial charge in [-0.3, -0.25) is 0 Å². The summed E-state index contributed by atoms with van der Waals surface area (Å²) in [6.45, 7) is 2.80. The fraction of sp³-hybridized carbons (Fsp3) is 0.333. The second-order valence-electron chi connectivity index (χ2n) is 4.37. The van der Waals surface area contributed by atoms with Crippen LogP contribution in [0.25, 0.3) is 0 Å². The minimum absolute atomic E-state index is 0.476. The summed E-state index contributed by atoms with van der Waals surface area (Å²) in [6, 6.07) is 9.79. The highest BCUT2D eigenvalue weighted by molar-refractivity contribution is 6.29. The molecule has 1 aromatic heterocycles. The average Bonchev–Trinajstić information content (AvgIpc) is 2.47. The van der Waals surface area contributed by atoms with Gasteiger partial charge in [0.1, 0.15) is 22.5 Å². The fourth-order valence-electron chi connectivity index (χ4n) is 1.84. The highest BCUT2D eigenvalue weighted by atomic mass is 35.5. The number of nitrogens with zero attached hydrogens (tertiary/aromatic N) is 2. The molecule has 2 aromatic rings. The molecule has 1 aromatic carbocycles. The molecule has 4 nitrogen and oxygen atoms in total. The quantitative estimate of drug-likeness (QED) is 0.829. The van der Waals surface area contributed by atoms with Crippen LogP contribution < -0.4 is 10.1 Å². The number of rotatable bonds is 6. The lowest BCUT2D eigenvalue weighted by Gasteiger charge is -2.08. The van der Waals surface area contributed by atoms with Gasteiger partial charge in [-0.2, -0.15) is 0 Å². The Kier molecular flexibility index (Phi) is 5.18. The van der Waals surface area contributed by atoms with Crippen molar-refractivity contribution in [1.29, 1.82) is 0 Å². The monoisotopic (exact) mass is 291 g/mol. The Morgan fingerprint density at radius 2 is 1.95 bits per heavy atom. The highest BCUT2D eigenvalue weighted by Crippen LogP contribution is 2.14. The number of aryl methyl sites for hydroxylation is 1. The molecule has 0 aliphatic carbocycles. The topological polar surface area (TPSA) is 47.0 Å². The van der Waals surface area contributed by atoms with E-state index >= 15 is 0 Å². The van der Waals surface area contributed by atoms with Crippen molar-refractivity contribution in [2.45, 2.75) is 19.8 Å². The van der Waals surface area contributed by atoms with Gasteiger partial charge in [-0.15, -0.1) is 0 Å². The Labute approximate surface area is 124 Å². The van der Waals surface area contributed by atoms with Crippen molar-refractivity contribution in [3.8, 4) is 5.75 Å². The van der Waals surface area contributed by atoms with E-state index in [-0.39, 0.29) is 0 Å². The van der Waals surface area contributed by atoms with Crippen molar-refractivity contribution in [2.24, 2.45) is 0 Å². The van der Waals surface area contributed by atoms with Gasteiger partial charge in [0.2, 0.25) is 0 Å². The van der Waals surface area contributed by atoms with Gasteiger partial charge in [0.25, 0.3) is 0 Å². The number of benzene rings is 1. The summed E-state index contributed by atoms with van der Waals surface area (Å²) < 4.78 is 5.13. The molecule has 0 aliphatic heterocycles. The number of hydrogen-bond donors (Lipinski definition) is 1. The van der Waals surface area contributed by atoms with E-state index < -0.39 is 0 Å². The number of aromatic nitrogens is 2. The number of ether oxygens (including phenoxy) is 1. The zero-order chi connectivity index (χ0) is 14.4.